The van der Waals surface area contributed by atoms with Crippen molar-refractivity contribution in [2.45, 2.75) is 25.4 Å². The summed E-state index contributed by atoms with van der Waals surface area (Å²) in [5, 5.41) is 18.1. The van der Waals surface area contributed by atoms with Crippen molar-refractivity contribution in [1.29, 1.82) is 0 Å². The summed E-state index contributed by atoms with van der Waals surface area (Å²) < 4.78 is 13.3. The van der Waals surface area contributed by atoms with Crippen molar-refractivity contribution < 1.29 is 24.2 Å². The number of carboxylic acid groups (broad SMARTS) is 1. The van der Waals surface area contributed by atoms with Crippen molar-refractivity contribution in [3.05, 3.63) is 29.1 Å². The lowest BCUT2D eigenvalue weighted by molar-refractivity contribution is -0.137. The van der Waals surface area contributed by atoms with Crippen molar-refractivity contribution in [3.8, 4) is 0 Å². The number of nitrogens with two attached hydrogens (primary N) is 2. The van der Waals surface area contributed by atoms with Crippen LogP contribution in [0, 0.1) is 5.82 Å². The molecule has 0 aliphatic rings. The lowest BCUT2D eigenvalue weighted by Gasteiger charge is -2.13. The molecule has 1 aromatic rings. The van der Waals surface area contributed by atoms with Crippen molar-refractivity contribution in [2.24, 2.45) is 5.73 Å². The average Bonchev–Trinajstić information content (AvgIpc) is 2.30. The van der Waals surface area contributed by atoms with Gasteiger partial charge in [0.25, 0.3) is 5.91 Å². The standard InChI is InChI=1S/C12H15FN2O4.ClH/c13-7-3-6(4-8(16)1-2-10(17)18)11(14)9(5-7)12(15)19;/h3,5,8,16H,1-2,4,14H2,(H2,15,19)(H,17,18);1H. The van der Waals surface area contributed by atoms with Crippen LogP contribution in [0.2, 0.25) is 0 Å². The van der Waals surface area contributed by atoms with Crippen LogP contribution in [-0.2, 0) is 11.2 Å². The van der Waals surface area contributed by atoms with E-state index < -0.39 is 23.8 Å². The van der Waals surface area contributed by atoms with Gasteiger partial charge >= 0.3 is 5.97 Å². The summed E-state index contributed by atoms with van der Waals surface area (Å²) in [6, 6.07) is 2.01. The molecule has 1 unspecified atom stereocenters. The van der Waals surface area contributed by atoms with Crippen LogP contribution in [0.5, 0.6) is 0 Å². The number of aliphatic carboxylic acids is 1. The minimum atomic E-state index is -1.04. The summed E-state index contributed by atoms with van der Waals surface area (Å²) in [4.78, 5) is 21.4. The molecule has 6 N–H and O–H groups in total. The molecule has 1 amide bonds. The smallest absolute Gasteiger partial charge is 0.303 e. The zero-order valence-electron chi connectivity index (χ0n) is 10.5. The van der Waals surface area contributed by atoms with Crippen molar-refractivity contribution in [2.75, 3.05) is 5.73 Å². The molecule has 1 aromatic carbocycles. The molecule has 1 rings (SSSR count). The number of nitrogen functional groups attached to an aromatic ring is 1. The highest BCUT2D eigenvalue weighted by Crippen LogP contribution is 2.21. The Labute approximate surface area is 121 Å². The predicted molar refractivity (Wildman–Crippen MR) is 73.2 cm³/mol. The van der Waals surface area contributed by atoms with Gasteiger partial charge in [-0.3, -0.25) is 9.59 Å². The quantitative estimate of drug-likeness (QED) is 0.575. The number of rotatable bonds is 6. The van der Waals surface area contributed by atoms with Gasteiger partial charge in [-0.15, -0.1) is 12.4 Å². The van der Waals surface area contributed by atoms with Crippen molar-refractivity contribution in [1.82, 2.24) is 0 Å². The second-order valence-corrected chi connectivity index (χ2v) is 4.18. The maximum atomic E-state index is 13.3. The third-order valence-electron chi connectivity index (χ3n) is 2.64. The van der Waals surface area contributed by atoms with Crippen LogP contribution in [0.3, 0.4) is 0 Å². The summed E-state index contributed by atoms with van der Waals surface area (Å²) in [5.74, 6) is -2.59. The fraction of sp³-hybridized carbons (Fsp3) is 0.333. The van der Waals surface area contributed by atoms with Crippen molar-refractivity contribution >= 4 is 30.0 Å². The fourth-order valence-corrected chi connectivity index (χ4v) is 1.69. The molecular weight excluding hydrogens is 291 g/mol. The van der Waals surface area contributed by atoms with Gasteiger partial charge in [0.2, 0.25) is 0 Å². The highest BCUT2D eigenvalue weighted by molar-refractivity contribution is 5.98. The monoisotopic (exact) mass is 306 g/mol. The molecule has 8 heteroatoms. The van der Waals surface area contributed by atoms with Gasteiger partial charge in [-0.2, -0.15) is 0 Å². The van der Waals surface area contributed by atoms with E-state index >= 15 is 0 Å². The summed E-state index contributed by atoms with van der Waals surface area (Å²) >= 11 is 0. The first-order chi connectivity index (χ1) is 8.81. The Morgan fingerprint density at radius 3 is 2.45 bits per heavy atom. The molecule has 0 aromatic heterocycles. The van der Waals surface area contributed by atoms with Crippen LogP contribution in [0.15, 0.2) is 12.1 Å². The Morgan fingerprint density at radius 1 is 1.35 bits per heavy atom. The molecule has 0 fully saturated rings. The Morgan fingerprint density at radius 2 is 1.95 bits per heavy atom. The molecule has 6 nitrogen and oxygen atoms in total. The predicted octanol–water partition coefficient (Wildman–Crippen LogP) is 0.697. The average molecular weight is 307 g/mol. The number of benzene rings is 1. The van der Waals surface area contributed by atoms with Crippen LogP contribution < -0.4 is 11.5 Å². The topological polar surface area (TPSA) is 127 Å². The number of carboxylic acids is 1. The number of anilines is 1. The molecule has 0 saturated heterocycles. The van der Waals surface area contributed by atoms with Gasteiger partial charge in [-0.25, -0.2) is 4.39 Å². The number of amides is 1. The van der Waals surface area contributed by atoms with Crippen LogP contribution in [-0.4, -0.2) is 28.2 Å². The zero-order chi connectivity index (χ0) is 14.6. The maximum Gasteiger partial charge on any atom is 0.303 e. The van der Waals surface area contributed by atoms with Gasteiger partial charge in [0.1, 0.15) is 5.82 Å². The SMILES string of the molecule is Cl.NC(=O)c1cc(F)cc(CC(O)CCC(=O)O)c1N. The van der Waals surface area contributed by atoms with Crippen LogP contribution in [0.4, 0.5) is 10.1 Å². The van der Waals surface area contributed by atoms with E-state index in [0.29, 0.717) is 0 Å². The molecule has 0 spiro atoms. The molecule has 0 aliphatic carbocycles. The van der Waals surface area contributed by atoms with E-state index in [0.717, 1.165) is 12.1 Å². The Hall–Kier alpha value is -1.86. The molecule has 0 aliphatic heterocycles. The Bertz CT molecular complexity index is 510. The molecule has 0 heterocycles. The van der Waals surface area contributed by atoms with Gasteiger partial charge in [0, 0.05) is 18.5 Å². The molecule has 0 bridgehead atoms. The molecule has 20 heavy (non-hydrogen) atoms. The third kappa shape index (κ3) is 5.02. The third-order valence-corrected chi connectivity index (χ3v) is 2.64. The van der Waals surface area contributed by atoms with Crippen LogP contribution in [0.1, 0.15) is 28.8 Å². The van der Waals surface area contributed by atoms with Gasteiger partial charge in [0.05, 0.1) is 11.7 Å². The maximum absolute atomic E-state index is 13.3. The zero-order valence-corrected chi connectivity index (χ0v) is 11.3. The first kappa shape index (κ1) is 18.1. The van der Waals surface area contributed by atoms with Gasteiger partial charge in [0.15, 0.2) is 0 Å². The highest BCUT2D eigenvalue weighted by atomic mass is 35.5. The lowest BCUT2D eigenvalue weighted by atomic mass is 9.99. The summed E-state index contributed by atoms with van der Waals surface area (Å²) in [7, 11) is 0. The Balaban J connectivity index is 0.00000361. The second kappa shape index (κ2) is 7.66. The number of hydrogen-bond donors (Lipinski definition) is 4. The lowest BCUT2D eigenvalue weighted by Crippen LogP contribution is -2.18. The number of aliphatic hydroxyl groups is 1. The van der Waals surface area contributed by atoms with Crippen LogP contribution >= 0.6 is 12.4 Å². The van der Waals surface area contributed by atoms with E-state index in [1.54, 1.807) is 0 Å². The second-order valence-electron chi connectivity index (χ2n) is 4.18. The van der Waals surface area contributed by atoms with Gasteiger partial charge < -0.3 is 21.7 Å². The van der Waals surface area contributed by atoms with E-state index in [1.165, 1.54) is 0 Å². The molecular formula is C12H16ClFN2O4. The summed E-state index contributed by atoms with van der Waals surface area (Å²) in [5.41, 5.74) is 10.8. The van der Waals surface area contributed by atoms with Crippen LogP contribution in [0.25, 0.3) is 0 Å². The number of carbonyl (C=O) groups excluding carboxylic acids is 1. The number of halogens is 2. The molecule has 1 atom stereocenters. The summed E-state index contributed by atoms with van der Waals surface area (Å²) in [6.07, 6.45) is -1.23. The van der Waals surface area contributed by atoms with E-state index in [9.17, 15) is 19.1 Å². The number of aliphatic hydroxyl groups excluding tert-OH is 1. The van der Waals surface area contributed by atoms with Crippen molar-refractivity contribution in [3.63, 3.8) is 0 Å². The van der Waals surface area contributed by atoms with Gasteiger partial charge in [-0.05, 0) is 24.1 Å². The Kier molecular flexibility index (Phi) is 6.95. The highest BCUT2D eigenvalue weighted by Gasteiger charge is 2.16. The van der Waals surface area contributed by atoms with Gasteiger partial charge in [-0.1, -0.05) is 0 Å². The number of hydrogen-bond acceptors (Lipinski definition) is 4. The van der Waals surface area contributed by atoms with E-state index in [2.05, 4.69) is 0 Å². The summed E-state index contributed by atoms with van der Waals surface area (Å²) in [6.45, 7) is 0. The normalized spacial score (nSPS) is 11.5. The minimum Gasteiger partial charge on any atom is -0.481 e. The fourth-order valence-electron chi connectivity index (χ4n) is 1.69. The first-order valence-corrected chi connectivity index (χ1v) is 5.58. The first-order valence-electron chi connectivity index (χ1n) is 5.58. The minimum absolute atomic E-state index is 0. The molecule has 0 radical (unpaired) electrons. The largest absolute Gasteiger partial charge is 0.481 e. The number of carbonyl (C=O) groups is 2. The van der Waals surface area contributed by atoms with E-state index in [4.69, 9.17) is 16.6 Å². The van der Waals surface area contributed by atoms with E-state index in [1.807, 2.05) is 0 Å². The van der Waals surface area contributed by atoms with E-state index in [-0.39, 0.29) is 48.5 Å². The number of primary amides is 1. The molecule has 0 saturated carbocycles. The molecule has 112 valence electrons.